The monoisotopic (exact) mass is 654 g/mol. The van der Waals surface area contributed by atoms with Crippen LogP contribution in [0, 0.1) is 37.5 Å². The largest absolute Gasteiger partial charge is 0.481 e. The lowest BCUT2D eigenvalue weighted by Gasteiger charge is -2.26. The molecule has 0 aromatic heterocycles. The van der Waals surface area contributed by atoms with Crippen molar-refractivity contribution in [3.8, 4) is 35.2 Å². The quantitative estimate of drug-likeness (QED) is 0.156. The minimum atomic E-state index is -1.03. The molecule has 0 fully saturated rings. The maximum atomic E-state index is 11.5. The average Bonchev–Trinajstić information content (AvgIpc) is 3.03. The van der Waals surface area contributed by atoms with E-state index in [-0.39, 0.29) is 19.6 Å². The minimum absolute atomic E-state index is 0.204. The Labute approximate surface area is 281 Å². The first-order valence-corrected chi connectivity index (χ1v) is 15.6. The van der Waals surface area contributed by atoms with Crippen LogP contribution < -0.4 is 15.2 Å². The number of nitrogens with zero attached hydrogens (tertiary/aromatic N) is 1. The molecule has 0 spiro atoms. The van der Waals surface area contributed by atoms with Gasteiger partial charge in [-0.15, -0.1) is 0 Å². The zero-order valence-corrected chi connectivity index (χ0v) is 27.4. The number of carboxylic acid groups (broad SMARTS) is 1. The summed E-state index contributed by atoms with van der Waals surface area (Å²) in [6.45, 7) is 5.90. The first kappa shape index (κ1) is 34.4. The van der Waals surface area contributed by atoms with E-state index in [1.54, 1.807) is 24.3 Å². The minimum Gasteiger partial charge on any atom is -0.481 e. The van der Waals surface area contributed by atoms with E-state index in [1.807, 2.05) is 62.4 Å². The molecule has 0 radical (unpaired) electrons. The summed E-state index contributed by atoms with van der Waals surface area (Å²) in [5, 5.41) is 10.8. The van der Waals surface area contributed by atoms with Gasteiger partial charge < -0.3 is 20.3 Å². The molecule has 0 unspecified atom stereocenters. The number of rotatable bonds is 12. The van der Waals surface area contributed by atoms with Crippen molar-refractivity contribution >= 4 is 29.2 Å². The lowest BCUT2D eigenvalue weighted by molar-refractivity contribution is -0.138. The van der Waals surface area contributed by atoms with Gasteiger partial charge in [0, 0.05) is 51.9 Å². The fourth-order valence-electron chi connectivity index (χ4n) is 4.66. The molecule has 4 rings (SSSR count). The van der Waals surface area contributed by atoms with E-state index in [9.17, 15) is 9.90 Å². The Kier molecular flexibility index (Phi) is 13.0. The predicted octanol–water partition coefficient (Wildman–Crippen LogP) is 7.28. The molecule has 6 nitrogen and oxygen atoms in total. The molecule has 0 saturated heterocycles. The summed E-state index contributed by atoms with van der Waals surface area (Å²) in [5.74, 6) is 12.7. The van der Waals surface area contributed by atoms with Crippen molar-refractivity contribution in [3.63, 3.8) is 0 Å². The van der Waals surface area contributed by atoms with Crippen molar-refractivity contribution in [3.05, 3.63) is 128 Å². The fourth-order valence-corrected chi connectivity index (χ4v) is 4.91. The predicted molar refractivity (Wildman–Crippen MR) is 184 cm³/mol. The molecule has 1 atom stereocenters. The van der Waals surface area contributed by atoms with Crippen LogP contribution in [0.5, 0.6) is 11.5 Å². The van der Waals surface area contributed by atoms with E-state index < -0.39 is 12.0 Å². The Balaban J connectivity index is 1.51. The normalized spacial score (nSPS) is 11.2. The fraction of sp³-hybridized carbons (Fsp3) is 0.237. The number of nitrogens with two attached hydrogens (primary N) is 1. The molecule has 0 aliphatic heterocycles. The van der Waals surface area contributed by atoms with Gasteiger partial charge in [0.05, 0.1) is 0 Å². The van der Waals surface area contributed by atoms with Crippen LogP contribution in [-0.4, -0.2) is 41.8 Å². The summed E-state index contributed by atoms with van der Waals surface area (Å²) in [4.78, 5) is 13.7. The highest BCUT2D eigenvalue weighted by molar-refractivity contribution is 6.30. The average molecular weight is 656 g/mol. The van der Waals surface area contributed by atoms with Crippen molar-refractivity contribution in [2.45, 2.75) is 39.4 Å². The molecule has 0 aliphatic carbocycles. The van der Waals surface area contributed by atoms with E-state index in [4.69, 9.17) is 38.4 Å². The van der Waals surface area contributed by atoms with Crippen molar-refractivity contribution < 1.29 is 19.4 Å². The van der Waals surface area contributed by atoms with E-state index in [0.29, 0.717) is 41.2 Å². The summed E-state index contributed by atoms with van der Waals surface area (Å²) in [6, 6.07) is 25.7. The molecule has 3 N–H and O–H groups in total. The third kappa shape index (κ3) is 11.2. The number of ether oxygens (including phenoxy) is 2. The van der Waals surface area contributed by atoms with E-state index in [2.05, 4.69) is 40.7 Å². The summed E-state index contributed by atoms with van der Waals surface area (Å²) in [7, 11) is 0. The number of carbonyl (C=O) groups is 1. The third-order valence-electron chi connectivity index (χ3n) is 7.05. The molecule has 0 heterocycles. The molecule has 0 amide bonds. The Hall–Kier alpha value is -4.43. The molecule has 0 aliphatic rings. The van der Waals surface area contributed by atoms with Crippen molar-refractivity contribution in [1.29, 1.82) is 0 Å². The van der Waals surface area contributed by atoms with Gasteiger partial charge in [0.1, 0.15) is 30.8 Å². The number of benzene rings is 4. The molecule has 4 aromatic carbocycles. The second kappa shape index (κ2) is 17.3. The van der Waals surface area contributed by atoms with Crippen molar-refractivity contribution in [2.24, 2.45) is 5.73 Å². The van der Waals surface area contributed by atoms with Gasteiger partial charge in [-0.05, 0) is 80.9 Å². The van der Waals surface area contributed by atoms with Crippen molar-refractivity contribution in [2.75, 3.05) is 19.8 Å². The van der Waals surface area contributed by atoms with Crippen LogP contribution in [0.4, 0.5) is 0 Å². The molecule has 8 heteroatoms. The van der Waals surface area contributed by atoms with Crippen LogP contribution in [0.2, 0.25) is 10.0 Å². The van der Waals surface area contributed by atoms with Gasteiger partial charge in [-0.25, -0.2) is 0 Å². The van der Waals surface area contributed by atoms with E-state index in [0.717, 1.165) is 33.4 Å². The summed E-state index contributed by atoms with van der Waals surface area (Å²) in [5.41, 5.74) is 11.7. The summed E-state index contributed by atoms with van der Waals surface area (Å²) < 4.78 is 12.2. The number of aliphatic carboxylic acids is 1. The number of halogens is 2. The van der Waals surface area contributed by atoms with Gasteiger partial charge in [0.2, 0.25) is 0 Å². The lowest BCUT2D eigenvalue weighted by Crippen LogP contribution is -2.35. The first-order valence-electron chi connectivity index (χ1n) is 14.8. The second-order valence-electron chi connectivity index (χ2n) is 10.9. The van der Waals surface area contributed by atoms with Crippen LogP contribution >= 0.6 is 23.2 Å². The Morgan fingerprint density at radius 3 is 1.61 bits per heavy atom. The van der Waals surface area contributed by atoms with Crippen LogP contribution in [0.25, 0.3) is 0 Å². The highest BCUT2D eigenvalue weighted by Crippen LogP contribution is 2.26. The number of aryl methyl sites for hydroxylation is 2. The highest BCUT2D eigenvalue weighted by Gasteiger charge is 2.18. The zero-order valence-electron chi connectivity index (χ0n) is 25.9. The maximum absolute atomic E-state index is 11.5. The number of hydrogen-bond acceptors (Lipinski definition) is 5. The zero-order chi connectivity index (χ0) is 32.9. The molecular formula is C38H36Cl2N2O4. The highest BCUT2D eigenvalue weighted by atomic mass is 35.5. The summed E-state index contributed by atoms with van der Waals surface area (Å²) >= 11 is 11.9. The SMILES string of the molecule is Cc1ccc(OCC#Cc2ccc(Cl)cc2)c(CN(CC[C@H](N)C(=O)O)Cc2cc(C)ccc2OCC#Cc2ccc(Cl)cc2)c1. The molecule has 4 aromatic rings. The van der Waals surface area contributed by atoms with E-state index in [1.165, 1.54) is 0 Å². The van der Waals surface area contributed by atoms with Crippen LogP contribution in [0.1, 0.15) is 39.8 Å². The van der Waals surface area contributed by atoms with Crippen molar-refractivity contribution in [1.82, 2.24) is 4.90 Å². The Morgan fingerprint density at radius 1 is 0.761 bits per heavy atom. The second-order valence-corrected chi connectivity index (χ2v) is 11.7. The van der Waals surface area contributed by atoms with Crippen LogP contribution in [0.15, 0.2) is 84.9 Å². The van der Waals surface area contributed by atoms with Gasteiger partial charge in [0.15, 0.2) is 0 Å². The molecule has 0 bridgehead atoms. The van der Waals surface area contributed by atoms with Gasteiger partial charge in [0.25, 0.3) is 0 Å². The van der Waals surface area contributed by atoms with Gasteiger partial charge in [-0.3, -0.25) is 9.69 Å². The third-order valence-corrected chi connectivity index (χ3v) is 7.55. The lowest BCUT2D eigenvalue weighted by atomic mass is 10.1. The number of carboxylic acids is 1. The Morgan fingerprint density at radius 2 is 1.20 bits per heavy atom. The molecule has 236 valence electrons. The molecule has 0 saturated carbocycles. The molecule has 46 heavy (non-hydrogen) atoms. The molecular weight excluding hydrogens is 619 g/mol. The van der Waals surface area contributed by atoms with Gasteiger partial charge in [-0.1, -0.05) is 82.3 Å². The summed E-state index contributed by atoms with van der Waals surface area (Å²) in [6.07, 6.45) is 0.276. The number of hydrogen-bond donors (Lipinski definition) is 2. The van der Waals surface area contributed by atoms with Gasteiger partial charge >= 0.3 is 5.97 Å². The van der Waals surface area contributed by atoms with Crippen LogP contribution in [0.3, 0.4) is 0 Å². The smallest absolute Gasteiger partial charge is 0.320 e. The Bertz CT molecular complexity index is 1630. The standard InChI is InChI=1S/C38H36Cl2N2O4/c1-27-7-17-36(45-21-3-5-29-9-13-33(39)14-10-29)31(23-27)25-42(20-19-35(41)38(43)44)26-32-24-28(2)8-18-37(32)46-22-4-6-30-11-15-34(40)16-12-30/h7-18,23-24,35H,19-22,25-26,41H2,1-2H3,(H,43,44)/t35-/m0/s1. The maximum Gasteiger partial charge on any atom is 0.320 e. The van der Waals surface area contributed by atoms with E-state index >= 15 is 0 Å². The first-order chi connectivity index (χ1) is 22.2. The van der Waals surface area contributed by atoms with Crippen LogP contribution in [-0.2, 0) is 17.9 Å². The van der Waals surface area contributed by atoms with Gasteiger partial charge in [-0.2, -0.15) is 0 Å². The topological polar surface area (TPSA) is 85.0 Å².